The van der Waals surface area contributed by atoms with Gasteiger partial charge in [0.15, 0.2) is 5.11 Å². The molecule has 1 heterocycles. The molecule has 0 saturated heterocycles. The second kappa shape index (κ2) is 7.43. The van der Waals surface area contributed by atoms with Crippen LogP contribution in [0, 0.1) is 0 Å². The van der Waals surface area contributed by atoms with Gasteiger partial charge in [-0.2, -0.15) is 0 Å². The van der Waals surface area contributed by atoms with E-state index in [4.69, 9.17) is 12.2 Å². The van der Waals surface area contributed by atoms with Gasteiger partial charge in [0.1, 0.15) is 0 Å². The Bertz CT molecular complexity index is 940. The lowest BCUT2D eigenvalue weighted by Crippen LogP contribution is -2.33. The average molecular weight is 390 g/mol. The summed E-state index contributed by atoms with van der Waals surface area (Å²) in [7, 11) is -3.62. The zero-order chi connectivity index (χ0) is 18.7. The summed E-state index contributed by atoms with van der Waals surface area (Å²) in [6, 6.07) is 13.8. The first-order valence-corrected chi connectivity index (χ1v) is 10.1. The normalized spacial score (nSPS) is 13.2. The van der Waals surface area contributed by atoms with E-state index >= 15 is 0 Å². The number of amides is 1. The monoisotopic (exact) mass is 389 g/mol. The van der Waals surface area contributed by atoms with Crippen LogP contribution in [0.4, 0.5) is 11.4 Å². The van der Waals surface area contributed by atoms with Crippen LogP contribution in [0.2, 0.25) is 0 Å². The van der Waals surface area contributed by atoms with Gasteiger partial charge in [-0.15, -0.1) is 0 Å². The number of benzene rings is 2. The molecule has 2 N–H and O–H groups in total. The first-order valence-electron chi connectivity index (χ1n) is 8.23. The van der Waals surface area contributed by atoms with E-state index in [1.54, 1.807) is 19.1 Å². The molecule has 3 rings (SSSR count). The Morgan fingerprint density at radius 1 is 1.15 bits per heavy atom. The molecule has 0 fully saturated rings. The van der Waals surface area contributed by atoms with Gasteiger partial charge in [-0.3, -0.25) is 9.10 Å². The molecular weight excluding hydrogens is 370 g/mol. The van der Waals surface area contributed by atoms with E-state index in [2.05, 4.69) is 10.6 Å². The summed E-state index contributed by atoms with van der Waals surface area (Å²) in [6.45, 7) is 2.17. The van der Waals surface area contributed by atoms with Gasteiger partial charge in [0, 0.05) is 18.7 Å². The van der Waals surface area contributed by atoms with E-state index in [0.717, 1.165) is 11.3 Å². The topological polar surface area (TPSA) is 78.5 Å². The molecule has 2 aromatic rings. The second-order valence-electron chi connectivity index (χ2n) is 5.84. The predicted octanol–water partition coefficient (Wildman–Crippen LogP) is 2.66. The van der Waals surface area contributed by atoms with Crippen LogP contribution in [-0.4, -0.2) is 26.0 Å². The van der Waals surface area contributed by atoms with Crippen molar-refractivity contribution in [1.29, 1.82) is 0 Å². The molecule has 136 valence electrons. The highest BCUT2D eigenvalue weighted by molar-refractivity contribution is 7.92. The summed E-state index contributed by atoms with van der Waals surface area (Å²) in [5, 5.41) is 5.58. The van der Waals surface area contributed by atoms with E-state index in [1.165, 1.54) is 16.4 Å². The first kappa shape index (κ1) is 18.3. The Labute approximate surface area is 158 Å². The number of para-hydroxylation sites is 1. The smallest absolute Gasteiger partial charge is 0.264 e. The van der Waals surface area contributed by atoms with Gasteiger partial charge in [-0.1, -0.05) is 25.1 Å². The van der Waals surface area contributed by atoms with Gasteiger partial charge in [0.2, 0.25) is 5.91 Å². The third kappa shape index (κ3) is 3.71. The van der Waals surface area contributed by atoms with E-state index in [0.29, 0.717) is 25.1 Å². The molecule has 1 aliphatic heterocycles. The molecule has 2 aromatic carbocycles. The number of anilines is 2. The molecule has 0 aromatic heterocycles. The Hall–Kier alpha value is -2.45. The minimum absolute atomic E-state index is 0.181. The van der Waals surface area contributed by atoms with Crippen LogP contribution in [0.1, 0.15) is 18.9 Å². The highest BCUT2D eigenvalue weighted by Gasteiger charge is 2.30. The standard InChI is InChI=1S/C18H19N3O3S2/c1-2-17(22)20-18(25)19-14-7-9-15(10-8-14)26(23,24)21-12-11-13-5-3-4-6-16(13)21/h3-10H,2,11-12H2,1H3,(H2,19,20,22,25). The summed E-state index contributed by atoms with van der Waals surface area (Å²) < 4.78 is 27.3. The van der Waals surface area contributed by atoms with Crippen molar-refractivity contribution in [2.45, 2.75) is 24.7 Å². The summed E-state index contributed by atoms with van der Waals surface area (Å²) >= 11 is 5.05. The molecule has 0 unspecified atom stereocenters. The fraction of sp³-hybridized carbons (Fsp3) is 0.222. The molecule has 6 nitrogen and oxygen atoms in total. The van der Waals surface area contributed by atoms with Crippen LogP contribution < -0.4 is 14.9 Å². The molecule has 0 aliphatic carbocycles. The van der Waals surface area contributed by atoms with Crippen LogP contribution >= 0.6 is 12.2 Å². The molecule has 0 radical (unpaired) electrons. The number of hydrogen-bond donors (Lipinski definition) is 2. The summed E-state index contributed by atoms with van der Waals surface area (Å²) in [4.78, 5) is 11.5. The Kier molecular flexibility index (Phi) is 5.24. The van der Waals surface area contributed by atoms with Crippen LogP contribution in [-0.2, 0) is 21.2 Å². The van der Waals surface area contributed by atoms with Gasteiger partial charge >= 0.3 is 0 Å². The number of sulfonamides is 1. The average Bonchev–Trinajstić information content (AvgIpc) is 3.07. The first-order chi connectivity index (χ1) is 12.4. The predicted molar refractivity (Wildman–Crippen MR) is 106 cm³/mol. The molecule has 0 saturated carbocycles. The number of carbonyl (C=O) groups is 1. The second-order valence-corrected chi connectivity index (χ2v) is 8.11. The van der Waals surface area contributed by atoms with Crippen molar-refractivity contribution < 1.29 is 13.2 Å². The van der Waals surface area contributed by atoms with Gasteiger partial charge in [0.05, 0.1) is 10.6 Å². The molecule has 8 heteroatoms. The number of nitrogens with zero attached hydrogens (tertiary/aromatic N) is 1. The Morgan fingerprint density at radius 3 is 2.54 bits per heavy atom. The van der Waals surface area contributed by atoms with E-state index in [1.807, 2.05) is 24.3 Å². The van der Waals surface area contributed by atoms with Crippen molar-refractivity contribution in [2.75, 3.05) is 16.2 Å². The SMILES string of the molecule is CCC(=O)NC(=S)Nc1ccc(S(=O)(=O)N2CCc3ccccc32)cc1. The molecule has 0 bridgehead atoms. The molecule has 26 heavy (non-hydrogen) atoms. The van der Waals surface area contributed by atoms with Crippen molar-refractivity contribution in [3.63, 3.8) is 0 Å². The Balaban J connectivity index is 1.76. The number of hydrogen-bond acceptors (Lipinski definition) is 4. The van der Waals surface area contributed by atoms with E-state index in [9.17, 15) is 13.2 Å². The Morgan fingerprint density at radius 2 is 1.85 bits per heavy atom. The van der Waals surface area contributed by atoms with E-state index < -0.39 is 10.0 Å². The van der Waals surface area contributed by atoms with Crippen molar-refractivity contribution in [3.8, 4) is 0 Å². The zero-order valence-electron chi connectivity index (χ0n) is 14.2. The lowest BCUT2D eigenvalue weighted by Gasteiger charge is -2.19. The molecule has 1 aliphatic rings. The van der Waals surface area contributed by atoms with Crippen molar-refractivity contribution >= 4 is 44.6 Å². The van der Waals surface area contributed by atoms with E-state index in [-0.39, 0.29) is 15.9 Å². The van der Waals surface area contributed by atoms with Gasteiger partial charge in [0.25, 0.3) is 10.0 Å². The van der Waals surface area contributed by atoms with Crippen LogP contribution in [0.25, 0.3) is 0 Å². The van der Waals surface area contributed by atoms with Crippen LogP contribution in [0.15, 0.2) is 53.4 Å². The molecular formula is C18H19N3O3S2. The molecule has 0 spiro atoms. The third-order valence-electron chi connectivity index (χ3n) is 4.12. The van der Waals surface area contributed by atoms with Gasteiger partial charge in [-0.25, -0.2) is 8.42 Å². The maximum atomic E-state index is 12.9. The number of rotatable bonds is 4. The fourth-order valence-corrected chi connectivity index (χ4v) is 4.51. The van der Waals surface area contributed by atoms with Crippen LogP contribution in [0.5, 0.6) is 0 Å². The summed E-state index contributed by atoms with van der Waals surface area (Å²) in [6.07, 6.45) is 1.04. The maximum absolute atomic E-state index is 12.9. The third-order valence-corrected chi connectivity index (χ3v) is 6.15. The largest absolute Gasteiger partial charge is 0.332 e. The van der Waals surface area contributed by atoms with Gasteiger partial charge in [-0.05, 0) is 54.5 Å². The quantitative estimate of drug-likeness (QED) is 0.786. The molecule has 0 atom stereocenters. The fourth-order valence-electron chi connectivity index (χ4n) is 2.77. The summed E-state index contributed by atoms with van der Waals surface area (Å²) in [5.74, 6) is -0.186. The van der Waals surface area contributed by atoms with Crippen molar-refractivity contribution in [3.05, 3.63) is 54.1 Å². The number of fused-ring (bicyclic) bond motifs is 1. The minimum Gasteiger partial charge on any atom is -0.332 e. The highest BCUT2D eigenvalue weighted by atomic mass is 32.2. The van der Waals surface area contributed by atoms with Crippen LogP contribution in [0.3, 0.4) is 0 Å². The number of thiocarbonyl (C=S) groups is 1. The zero-order valence-corrected chi connectivity index (χ0v) is 15.9. The van der Waals surface area contributed by atoms with Gasteiger partial charge < -0.3 is 10.6 Å². The lowest BCUT2D eigenvalue weighted by atomic mass is 10.2. The number of nitrogens with one attached hydrogen (secondary N) is 2. The highest BCUT2D eigenvalue weighted by Crippen LogP contribution is 2.32. The summed E-state index contributed by atoms with van der Waals surface area (Å²) in [5.41, 5.74) is 2.37. The van der Waals surface area contributed by atoms with Crippen molar-refractivity contribution in [2.24, 2.45) is 0 Å². The van der Waals surface area contributed by atoms with Crippen molar-refractivity contribution in [1.82, 2.24) is 5.32 Å². The maximum Gasteiger partial charge on any atom is 0.264 e. The number of carbonyl (C=O) groups excluding carboxylic acids is 1. The minimum atomic E-state index is -3.62. The molecule has 1 amide bonds. The lowest BCUT2D eigenvalue weighted by molar-refractivity contribution is -0.119.